The minimum Gasteiger partial charge on any atom is -0.497 e. The van der Waals surface area contributed by atoms with E-state index in [1.807, 2.05) is 0 Å². The monoisotopic (exact) mass is 227 g/mol. The van der Waals surface area contributed by atoms with E-state index in [9.17, 15) is 4.79 Å². The molecular formula is C10H13NO3S. The average Bonchev–Trinajstić information content (AvgIpc) is 2.27. The van der Waals surface area contributed by atoms with Crippen molar-refractivity contribution < 1.29 is 14.6 Å². The lowest BCUT2D eigenvalue weighted by Gasteiger charge is -2.15. The number of ether oxygens (including phenoxy) is 1. The van der Waals surface area contributed by atoms with Crippen molar-refractivity contribution >= 4 is 18.6 Å². The largest absolute Gasteiger partial charge is 0.497 e. The van der Waals surface area contributed by atoms with Crippen LogP contribution in [-0.4, -0.2) is 24.2 Å². The molecule has 1 rings (SSSR count). The smallest absolute Gasteiger partial charge is 0.321 e. The van der Waals surface area contributed by atoms with Crippen LogP contribution >= 0.6 is 12.6 Å². The number of carboxylic acids is 1. The van der Waals surface area contributed by atoms with Crippen LogP contribution in [0.25, 0.3) is 0 Å². The van der Waals surface area contributed by atoms with Crippen LogP contribution in [0.3, 0.4) is 0 Å². The van der Waals surface area contributed by atoms with Gasteiger partial charge in [-0.1, -0.05) is 12.1 Å². The molecule has 0 aliphatic rings. The van der Waals surface area contributed by atoms with Crippen molar-refractivity contribution in [2.75, 3.05) is 7.11 Å². The number of aliphatic carboxylic acids is 1. The number of nitrogens with two attached hydrogens (primary N) is 1. The van der Waals surface area contributed by atoms with E-state index in [1.165, 1.54) is 0 Å². The zero-order chi connectivity index (χ0) is 11.4. The number of hydrogen-bond donors (Lipinski definition) is 3. The maximum atomic E-state index is 10.7. The Bertz CT molecular complexity index is 356. The second-order valence-corrected chi connectivity index (χ2v) is 3.64. The number of hydrogen-bond acceptors (Lipinski definition) is 4. The van der Waals surface area contributed by atoms with Crippen molar-refractivity contribution in [1.29, 1.82) is 0 Å². The Labute approximate surface area is 93.5 Å². The molecule has 0 spiro atoms. The van der Waals surface area contributed by atoms with Gasteiger partial charge in [-0.3, -0.25) is 4.79 Å². The van der Waals surface area contributed by atoms with Gasteiger partial charge in [0, 0.05) is 0 Å². The Morgan fingerprint density at radius 2 is 2.27 bits per heavy atom. The number of thiol groups is 1. The average molecular weight is 227 g/mol. The highest BCUT2D eigenvalue weighted by Gasteiger charge is 2.22. The van der Waals surface area contributed by atoms with Crippen LogP contribution < -0.4 is 10.5 Å². The molecule has 1 aromatic carbocycles. The van der Waals surface area contributed by atoms with Gasteiger partial charge in [0.15, 0.2) is 0 Å². The van der Waals surface area contributed by atoms with Crippen molar-refractivity contribution in [2.45, 2.75) is 11.3 Å². The first-order chi connectivity index (χ1) is 7.06. The molecule has 0 fully saturated rings. The third kappa shape index (κ3) is 2.87. The summed E-state index contributed by atoms with van der Waals surface area (Å²) < 4.78 is 5.02. The quantitative estimate of drug-likeness (QED) is 0.673. The summed E-state index contributed by atoms with van der Waals surface area (Å²) in [4.78, 5) is 10.7. The standard InChI is InChI=1S/C10H13NO3S/c1-14-7-4-2-3-6(5-7)9(15)8(11)10(12)13/h2-5,8-9,15H,11H2,1H3,(H,12,13). The van der Waals surface area contributed by atoms with Crippen molar-refractivity contribution in [1.82, 2.24) is 0 Å². The van der Waals surface area contributed by atoms with Crippen molar-refractivity contribution in [3.05, 3.63) is 29.8 Å². The van der Waals surface area contributed by atoms with Crippen molar-refractivity contribution in [3.63, 3.8) is 0 Å². The van der Waals surface area contributed by atoms with Crippen LogP contribution in [0.4, 0.5) is 0 Å². The summed E-state index contributed by atoms with van der Waals surface area (Å²) in [5.41, 5.74) is 6.20. The van der Waals surface area contributed by atoms with Crippen LogP contribution in [0, 0.1) is 0 Å². The molecule has 5 heteroatoms. The molecule has 1 aromatic rings. The van der Waals surface area contributed by atoms with E-state index in [1.54, 1.807) is 31.4 Å². The van der Waals surface area contributed by atoms with E-state index < -0.39 is 17.3 Å². The molecule has 3 N–H and O–H groups in total. The fraction of sp³-hybridized carbons (Fsp3) is 0.300. The van der Waals surface area contributed by atoms with Gasteiger partial charge in [0.25, 0.3) is 0 Å². The van der Waals surface area contributed by atoms with Gasteiger partial charge >= 0.3 is 5.97 Å². The lowest BCUT2D eigenvalue weighted by atomic mass is 10.1. The molecule has 0 amide bonds. The molecule has 82 valence electrons. The van der Waals surface area contributed by atoms with E-state index in [4.69, 9.17) is 15.6 Å². The Balaban J connectivity index is 2.90. The summed E-state index contributed by atoms with van der Waals surface area (Å²) in [6.07, 6.45) is 0. The minimum atomic E-state index is -1.07. The van der Waals surface area contributed by atoms with Gasteiger partial charge in [-0.15, -0.1) is 0 Å². The number of carboxylic acid groups (broad SMARTS) is 1. The summed E-state index contributed by atoms with van der Waals surface area (Å²) in [7, 11) is 1.55. The van der Waals surface area contributed by atoms with Crippen LogP contribution in [-0.2, 0) is 4.79 Å². The SMILES string of the molecule is COc1cccc(C(S)C(N)C(=O)O)c1. The second kappa shape index (κ2) is 5.04. The van der Waals surface area contributed by atoms with Gasteiger partial charge in [0.2, 0.25) is 0 Å². The van der Waals surface area contributed by atoms with E-state index >= 15 is 0 Å². The molecule has 0 aliphatic heterocycles. The molecule has 0 aromatic heterocycles. The zero-order valence-corrected chi connectivity index (χ0v) is 9.15. The van der Waals surface area contributed by atoms with Gasteiger partial charge in [-0.2, -0.15) is 12.6 Å². The van der Waals surface area contributed by atoms with Crippen LogP contribution in [0.15, 0.2) is 24.3 Å². The predicted molar refractivity (Wildman–Crippen MR) is 60.3 cm³/mol. The van der Waals surface area contributed by atoms with Gasteiger partial charge < -0.3 is 15.6 Å². The Hall–Kier alpha value is -1.20. The minimum absolute atomic E-state index is 0.544. The van der Waals surface area contributed by atoms with Crippen molar-refractivity contribution in [2.24, 2.45) is 5.73 Å². The molecule has 0 heterocycles. The van der Waals surface area contributed by atoms with Gasteiger partial charge in [-0.05, 0) is 17.7 Å². The number of carbonyl (C=O) groups is 1. The molecule has 0 saturated heterocycles. The summed E-state index contributed by atoms with van der Waals surface area (Å²) >= 11 is 4.18. The Morgan fingerprint density at radius 1 is 1.60 bits per heavy atom. The van der Waals surface area contributed by atoms with Gasteiger partial charge in [0.05, 0.1) is 12.4 Å². The maximum Gasteiger partial charge on any atom is 0.321 e. The highest BCUT2D eigenvalue weighted by atomic mass is 32.1. The third-order valence-electron chi connectivity index (χ3n) is 2.06. The molecule has 2 atom stereocenters. The van der Waals surface area contributed by atoms with E-state index in [-0.39, 0.29) is 0 Å². The molecule has 0 aliphatic carbocycles. The fourth-order valence-electron chi connectivity index (χ4n) is 1.17. The van der Waals surface area contributed by atoms with E-state index in [0.717, 1.165) is 5.56 Å². The van der Waals surface area contributed by atoms with Crippen LogP contribution in [0.1, 0.15) is 10.8 Å². The summed E-state index contributed by atoms with van der Waals surface area (Å²) in [5.74, 6) is -0.415. The predicted octanol–water partition coefficient (Wildman–Crippen LogP) is 1.08. The highest BCUT2D eigenvalue weighted by molar-refractivity contribution is 7.80. The first-order valence-electron chi connectivity index (χ1n) is 4.36. The third-order valence-corrected chi connectivity index (χ3v) is 2.68. The lowest BCUT2D eigenvalue weighted by molar-refractivity contribution is -0.138. The summed E-state index contributed by atoms with van der Waals surface area (Å²) in [6, 6.07) is 6.01. The molecule has 2 unspecified atom stereocenters. The van der Waals surface area contributed by atoms with Crippen LogP contribution in [0.2, 0.25) is 0 Å². The number of benzene rings is 1. The summed E-state index contributed by atoms with van der Waals surface area (Å²) in [6.45, 7) is 0. The zero-order valence-electron chi connectivity index (χ0n) is 8.25. The van der Waals surface area contributed by atoms with E-state index in [2.05, 4.69) is 12.6 Å². The molecule has 4 nitrogen and oxygen atoms in total. The summed E-state index contributed by atoms with van der Waals surface area (Å²) in [5, 5.41) is 8.19. The highest BCUT2D eigenvalue weighted by Crippen LogP contribution is 2.25. The molecule has 0 saturated carbocycles. The fourth-order valence-corrected chi connectivity index (χ4v) is 1.46. The van der Waals surface area contributed by atoms with Crippen molar-refractivity contribution in [3.8, 4) is 5.75 Å². The molecule has 15 heavy (non-hydrogen) atoms. The van der Waals surface area contributed by atoms with Crippen LogP contribution in [0.5, 0.6) is 5.75 Å². The normalized spacial score (nSPS) is 14.3. The Kier molecular flexibility index (Phi) is 3.99. The molecule has 0 radical (unpaired) electrons. The van der Waals surface area contributed by atoms with E-state index in [0.29, 0.717) is 5.75 Å². The first kappa shape index (κ1) is 11.9. The first-order valence-corrected chi connectivity index (χ1v) is 4.88. The Morgan fingerprint density at radius 3 is 2.80 bits per heavy atom. The van der Waals surface area contributed by atoms with Gasteiger partial charge in [-0.25, -0.2) is 0 Å². The number of methoxy groups -OCH3 is 1. The molecule has 0 bridgehead atoms. The second-order valence-electron chi connectivity index (χ2n) is 3.09. The lowest BCUT2D eigenvalue weighted by Crippen LogP contribution is -2.34. The number of rotatable bonds is 4. The maximum absolute atomic E-state index is 10.7. The topological polar surface area (TPSA) is 72.5 Å². The molecular weight excluding hydrogens is 214 g/mol. The van der Waals surface area contributed by atoms with Gasteiger partial charge in [0.1, 0.15) is 11.8 Å².